The van der Waals surface area contributed by atoms with Gasteiger partial charge in [-0.2, -0.15) is 0 Å². The van der Waals surface area contributed by atoms with Gasteiger partial charge in [-0.25, -0.2) is 4.79 Å². The van der Waals surface area contributed by atoms with Gasteiger partial charge in [0.15, 0.2) is 0 Å². The van der Waals surface area contributed by atoms with E-state index in [1.54, 1.807) is 11.8 Å². The van der Waals surface area contributed by atoms with Crippen LogP contribution < -0.4 is 0 Å². The zero-order chi connectivity index (χ0) is 19.9. The van der Waals surface area contributed by atoms with Crippen LogP contribution in [0.2, 0.25) is 0 Å². The molecule has 26 heavy (non-hydrogen) atoms. The number of nitro benzene ring substituents is 1. The second-order valence-electron chi connectivity index (χ2n) is 5.47. The SMILES string of the molecule is CCOC(=O)c1cc(C(=O)N(C)CC(=O)N(CC)CC)cc([N+](=O)[O-])c1. The van der Waals surface area contributed by atoms with Gasteiger partial charge < -0.3 is 14.5 Å². The van der Waals surface area contributed by atoms with Crippen LogP contribution in [0.3, 0.4) is 0 Å². The molecular weight excluding hydrogens is 342 g/mol. The first-order valence-corrected chi connectivity index (χ1v) is 8.24. The summed E-state index contributed by atoms with van der Waals surface area (Å²) in [5, 5.41) is 11.1. The van der Waals surface area contributed by atoms with E-state index >= 15 is 0 Å². The number of benzene rings is 1. The molecular formula is C17H23N3O6. The van der Waals surface area contributed by atoms with Crippen LogP contribution in [0.4, 0.5) is 5.69 Å². The number of hydrogen-bond donors (Lipinski definition) is 0. The van der Waals surface area contributed by atoms with Crippen LogP contribution in [0.1, 0.15) is 41.5 Å². The van der Waals surface area contributed by atoms with E-state index in [0.717, 1.165) is 17.0 Å². The number of likely N-dealkylation sites (N-methyl/N-ethyl adjacent to an activating group) is 2. The van der Waals surface area contributed by atoms with E-state index in [-0.39, 0.29) is 30.2 Å². The lowest BCUT2D eigenvalue weighted by atomic mass is 10.1. The lowest BCUT2D eigenvalue weighted by molar-refractivity contribution is -0.384. The second kappa shape index (κ2) is 9.50. The fraction of sp³-hybridized carbons (Fsp3) is 0.471. The van der Waals surface area contributed by atoms with E-state index in [1.165, 1.54) is 13.1 Å². The Kier molecular flexibility index (Phi) is 7.70. The molecule has 9 heteroatoms. The lowest BCUT2D eigenvalue weighted by Gasteiger charge is -2.23. The maximum atomic E-state index is 12.6. The average Bonchev–Trinajstić information content (AvgIpc) is 2.61. The molecule has 0 aliphatic heterocycles. The van der Waals surface area contributed by atoms with Crippen LogP contribution >= 0.6 is 0 Å². The van der Waals surface area contributed by atoms with Crippen molar-refractivity contribution >= 4 is 23.5 Å². The fourth-order valence-electron chi connectivity index (χ4n) is 2.34. The summed E-state index contributed by atoms with van der Waals surface area (Å²) in [6.07, 6.45) is 0. The summed E-state index contributed by atoms with van der Waals surface area (Å²) in [6.45, 7) is 6.22. The monoisotopic (exact) mass is 365 g/mol. The van der Waals surface area contributed by atoms with Crippen molar-refractivity contribution in [2.45, 2.75) is 20.8 Å². The van der Waals surface area contributed by atoms with Gasteiger partial charge >= 0.3 is 5.97 Å². The molecule has 0 spiro atoms. The summed E-state index contributed by atoms with van der Waals surface area (Å²) in [4.78, 5) is 49.7. The zero-order valence-electron chi connectivity index (χ0n) is 15.4. The van der Waals surface area contributed by atoms with Crippen LogP contribution in [0.25, 0.3) is 0 Å². The highest BCUT2D eigenvalue weighted by molar-refractivity contribution is 6.00. The van der Waals surface area contributed by atoms with E-state index in [4.69, 9.17) is 4.74 Å². The number of carbonyl (C=O) groups excluding carboxylic acids is 3. The highest BCUT2D eigenvalue weighted by atomic mass is 16.6. The summed E-state index contributed by atoms with van der Waals surface area (Å²) in [7, 11) is 1.42. The molecule has 0 unspecified atom stereocenters. The predicted octanol–water partition coefficient (Wildman–Crippen LogP) is 1.71. The lowest BCUT2D eigenvalue weighted by Crippen LogP contribution is -2.41. The largest absolute Gasteiger partial charge is 0.462 e. The number of rotatable bonds is 8. The van der Waals surface area contributed by atoms with Crippen molar-refractivity contribution in [1.29, 1.82) is 0 Å². The first-order chi connectivity index (χ1) is 12.2. The fourth-order valence-corrected chi connectivity index (χ4v) is 2.34. The first-order valence-electron chi connectivity index (χ1n) is 8.24. The van der Waals surface area contributed by atoms with Gasteiger partial charge in [0.25, 0.3) is 11.6 Å². The van der Waals surface area contributed by atoms with Crippen LogP contribution in [0, 0.1) is 10.1 Å². The zero-order valence-corrected chi connectivity index (χ0v) is 15.4. The normalized spacial score (nSPS) is 10.2. The van der Waals surface area contributed by atoms with Crippen molar-refractivity contribution in [3.63, 3.8) is 0 Å². The quantitative estimate of drug-likeness (QED) is 0.394. The third kappa shape index (κ3) is 5.27. The molecule has 0 saturated heterocycles. The molecule has 0 aliphatic rings. The Hall–Kier alpha value is -2.97. The topological polar surface area (TPSA) is 110 Å². The number of nitrogens with zero attached hydrogens (tertiary/aromatic N) is 3. The molecule has 0 atom stereocenters. The average molecular weight is 365 g/mol. The highest BCUT2D eigenvalue weighted by Crippen LogP contribution is 2.19. The Balaban J connectivity index is 3.11. The summed E-state index contributed by atoms with van der Waals surface area (Å²) in [6, 6.07) is 3.35. The van der Waals surface area contributed by atoms with Gasteiger partial charge in [0.05, 0.1) is 23.6 Å². The molecule has 0 aliphatic carbocycles. The molecule has 142 valence electrons. The van der Waals surface area contributed by atoms with Crippen molar-refractivity contribution in [3.05, 3.63) is 39.4 Å². The Labute approximate surface area is 151 Å². The summed E-state index contributed by atoms with van der Waals surface area (Å²) in [5.41, 5.74) is -0.549. The van der Waals surface area contributed by atoms with Gasteiger partial charge in [-0.05, 0) is 26.8 Å². The van der Waals surface area contributed by atoms with Crippen molar-refractivity contribution in [3.8, 4) is 0 Å². The van der Waals surface area contributed by atoms with Gasteiger partial charge in [0, 0.05) is 37.8 Å². The van der Waals surface area contributed by atoms with Gasteiger partial charge in [0.2, 0.25) is 5.91 Å². The molecule has 0 radical (unpaired) electrons. The highest BCUT2D eigenvalue weighted by Gasteiger charge is 2.22. The van der Waals surface area contributed by atoms with Gasteiger partial charge in [-0.1, -0.05) is 0 Å². The summed E-state index contributed by atoms with van der Waals surface area (Å²) in [5.74, 6) is -1.59. The number of ether oxygens (including phenoxy) is 1. The van der Waals surface area contributed by atoms with E-state index in [0.29, 0.717) is 13.1 Å². The minimum atomic E-state index is -0.757. The number of amides is 2. The molecule has 0 heterocycles. The minimum absolute atomic E-state index is 0.0582. The molecule has 0 fully saturated rings. The van der Waals surface area contributed by atoms with E-state index in [1.807, 2.05) is 13.8 Å². The van der Waals surface area contributed by atoms with E-state index in [2.05, 4.69) is 0 Å². The van der Waals surface area contributed by atoms with Crippen molar-refractivity contribution < 1.29 is 24.0 Å². The summed E-state index contributed by atoms with van der Waals surface area (Å²) >= 11 is 0. The third-order valence-corrected chi connectivity index (χ3v) is 3.72. The van der Waals surface area contributed by atoms with Crippen molar-refractivity contribution in [2.75, 3.05) is 33.3 Å². The van der Waals surface area contributed by atoms with Crippen LogP contribution in [0.15, 0.2) is 18.2 Å². The van der Waals surface area contributed by atoms with Crippen LogP contribution in [-0.2, 0) is 9.53 Å². The standard InChI is InChI=1S/C17H23N3O6/c1-5-19(6-2)15(21)11-18(4)16(22)12-8-13(17(23)26-7-3)10-14(9-12)20(24)25/h8-10H,5-7,11H2,1-4H3. The van der Waals surface area contributed by atoms with Gasteiger partial charge in [-0.3, -0.25) is 19.7 Å². The molecule has 0 aromatic heterocycles. The number of carbonyl (C=O) groups is 3. The maximum Gasteiger partial charge on any atom is 0.338 e. The molecule has 0 saturated carbocycles. The Morgan fingerprint density at radius 1 is 1.08 bits per heavy atom. The van der Waals surface area contributed by atoms with Gasteiger partial charge in [-0.15, -0.1) is 0 Å². The maximum absolute atomic E-state index is 12.6. The predicted molar refractivity (Wildman–Crippen MR) is 93.9 cm³/mol. The molecule has 1 aromatic rings. The Morgan fingerprint density at radius 3 is 2.15 bits per heavy atom. The number of hydrogen-bond acceptors (Lipinski definition) is 6. The van der Waals surface area contributed by atoms with E-state index < -0.39 is 22.5 Å². The minimum Gasteiger partial charge on any atom is -0.462 e. The van der Waals surface area contributed by atoms with Gasteiger partial charge in [0.1, 0.15) is 0 Å². The number of esters is 1. The van der Waals surface area contributed by atoms with Crippen molar-refractivity contribution in [1.82, 2.24) is 9.80 Å². The third-order valence-electron chi connectivity index (χ3n) is 3.72. The van der Waals surface area contributed by atoms with Crippen LogP contribution in [-0.4, -0.2) is 65.8 Å². The number of non-ortho nitro benzene ring substituents is 1. The molecule has 2 amide bonds. The Bertz CT molecular complexity index is 700. The first kappa shape index (κ1) is 21.1. The smallest absolute Gasteiger partial charge is 0.338 e. The van der Waals surface area contributed by atoms with E-state index in [9.17, 15) is 24.5 Å². The molecule has 0 N–H and O–H groups in total. The second-order valence-corrected chi connectivity index (χ2v) is 5.47. The van der Waals surface area contributed by atoms with Crippen molar-refractivity contribution in [2.24, 2.45) is 0 Å². The molecule has 0 bridgehead atoms. The molecule has 9 nitrogen and oxygen atoms in total. The van der Waals surface area contributed by atoms with Crippen LogP contribution in [0.5, 0.6) is 0 Å². The molecule has 1 aromatic carbocycles. The summed E-state index contributed by atoms with van der Waals surface area (Å²) < 4.78 is 4.84. The molecule has 1 rings (SSSR count). The Morgan fingerprint density at radius 2 is 1.65 bits per heavy atom. The number of nitro groups is 1.